The number of fused-ring (bicyclic) bond motifs is 1. The molecule has 0 atom stereocenters. The quantitative estimate of drug-likeness (QED) is 0.489. The Morgan fingerprint density at radius 3 is 2.50 bits per heavy atom. The van der Waals surface area contributed by atoms with Gasteiger partial charge in [-0.15, -0.1) is 5.11 Å². The van der Waals surface area contributed by atoms with Crippen LogP contribution in [0.15, 0.2) is 64.8 Å². The van der Waals surface area contributed by atoms with E-state index in [1.807, 2.05) is 12.1 Å². The Labute approximate surface area is 138 Å². The Hall–Kier alpha value is -3.41. The molecule has 0 fully saturated rings. The molecule has 0 saturated carbocycles. The van der Waals surface area contributed by atoms with Gasteiger partial charge in [-0.2, -0.15) is 5.11 Å². The van der Waals surface area contributed by atoms with Crippen LogP contribution < -0.4 is 11.1 Å². The molecule has 6 heteroatoms. The Morgan fingerprint density at radius 1 is 1.04 bits per heavy atom. The lowest BCUT2D eigenvalue weighted by molar-refractivity contribution is -0.114. The van der Waals surface area contributed by atoms with Crippen molar-refractivity contribution in [3.8, 4) is 5.75 Å². The van der Waals surface area contributed by atoms with Crippen LogP contribution in [-0.4, -0.2) is 11.0 Å². The van der Waals surface area contributed by atoms with Gasteiger partial charge in [-0.05, 0) is 41.8 Å². The zero-order chi connectivity index (χ0) is 17.1. The number of rotatable bonds is 3. The largest absolute Gasteiger partial charge is 0.507 e. The smallest absolute Gasteiger partial charge is 0.221 e. The van der Waals surface area contributed by atoms with Gasteiger partial charge < -0.3 is 16.2 Å². The fourth-order valence-corrected chi connectivity index (χ4v) is 2.39. The molecule has 1 amide bonds. The summed E-state index contributed by atoms with van der Waals surface area (Å²) in [6, 6.07) is 15.7. The van der Waals surface area contributed by atoms with E-state index in [0.717, 1.165) is 5.39 Å². The second-order valence-corrected chi connectivity index (χ2v) is 5.31. The average molecular weight is 320 g/mol. The molecule has 24 heavy (non-hydrogen) atoms. The number of carbonyl (C=O) groups is 1. The van der Waals surface area contributed by atoms with Crippen molar-refractivity contribution in [1.82, 2.24) is 0 Å². The number of carbonyl (C=O) groups excluding carboxylic acids is 1. The van der Waals surface area contributed by atoms with Crippen molar-refractivity contribution in [1.29, 1.82) is 0 Å². The summed E-state index contributed by atoms with van der Waals surface area (Å²) in [7, 11) is 0. The Kier molecular flexibility index (Phi) is 4.11. The number of azo groups is 1. The topological polar surface area (TPSA) is 100 Å². The summed E-state index contributed by atoms with van der Waals surface area (Å²) >= 11 is 0. The first-order valence-electron chi connectivity index (χ1n) is 7.34. The Balaban J connectivity index is 1.96. The van der Waals surface area contributed by atoms with Crippen LogP contribution in [0.3, 0.4) is 0 Å². The molecule has 6 nitrogen and oxygen atoms in total. The minimum absolute atomic E-state index is 0.106. The molecule has 0 bridgehead atoms. The summed E-state index contributed by atoms with van der Waals surface area (Å²) in [5.41, 5.74) is 8.14. The zero-order valence-electron chi connectivity index (χ0n) is 13.0. The van der Waals surface area contributed by atoms with E-state index >= 15 is 0 Å². The number of anilines is 2. The van der Waals surface area contributed by atoms with Crippen molar-refractivity contribution in [2.24, 2.45) is 10.2 Å². The second-order valence-electron chi connectivity index (χ2n) is 5.31. The minimum Gasteiger partial charge on any atom is -0.507 e. The van der Waals surface area contributed by atoms with Crippen LogP contribution in [0.5, 0.6) is 5.75 Å². The lowest BCUT2D eigenvalue weighted by Crippen LogP contribution is -2.04. The summed E-state index contributed by atoms with van der Waals surface area (Å²) in [4.78, 5) is 11.0. The monoisotopic (exact) mass is 320 g/mol. The van der Waals surface area contributed by atoms with E-state index in [1.54, 1.807) is 42.5 Å². The Bertz CT molecular complexity index is 934. The molecule has 0 unspecified atom stereocenters. The number of hydrogen-bond donors (Lipinski definition) is 3. The lowest BCUT2D eigenvalue weighted by Gasteiger charge is -2.06. The molecule has 0 heterocycles. The highest BCUT2D eigenvalue weighted by atomic mass is 16.3. The van der Waals surface area contributed by atoms with Crippen LogP contribution in [0.1, 0.15) is 6.92 Å². The maximum absolute atomic E-state index is 11.0. The van der Waals surface area contributed by atoms with E-state index in [4.69, 9.17) is 5.73 Å². The van der Waals surface area contributed by atoms with Crippen LogP contribution in [0.25, 0.3) is 10.8 Å². The summed E-state index contributed by atoms with van der Waals surface area (Å²) in [5.74, 6) is -0.0295. The molecule has 3 rings (SSSR count). The summed E-state index contributed by atoms with van der Waals surface area (Å²) in [6.07, 6.45) is 0. The highest BCUT2D eigenvalue weighted by Crippen LogP contribution is 2.38. The normalized spacial score (nSPS) is 11.0. The molecule has 3 aromatic rings. The van der Waals surface area contributed by atoms with Gasteiger partial charge in [0.25, 0.3) is 0 Å². The predicted octanol–water partition coefficient (Wildman–Crippen LogP) is 4.50. The van der Waals surface area contributed by atoms with Crippen molar-refractivity contribution in [3.63, 3.8) is 0 Å². The third-order valence-corrected chi connectivity index (χ3v) is 3.48. The van der Waals surface area contributed by atoms with Crippen molar-refractivity contribution in [2.45, 2.75) is 6.92 Å². The standard InChI is InChI=1S/C18H16N4O2/c1-11(23)20-13-6-8-14(9-7-13)21-22-18-15(19)10-5-12-3-2-4-16(24)17(12)18/h2-10,24H,19H2,1H3,(H,20,23). The van der Waals surface area contributed by atoms with E-state index in [0.29, 0.717) is 28.1 Å². The molecule has 0 spiro atoms. The van der Waals surface area contributed by atoms with Gasteiger partial charge in [0.15, 0.2) is 0 Å². The number of nitrogens with one attached hydrogen (secondary N) is 1. The third-order valence-electron chi connectivity index (χ3n) is 3.48. The van der Waals surface area contributed by atoms with Gasteiger partial charge in [0, 0.05) is 12.6 Å². The fourth-order valence-electron chi connectivity index (χ4n) is 2.39. The molecule has 0 aromatic heterocycles. The van der Waals surface area contributed by atoms with E-state index in [-0.39, 0.29) is 11.7 Å². The van der Waals surface area contributed by atoms with Crippen LogP contribution in [0.4, 0.5) is 22.7 Å². The summed E-state index contributed by atoms with van der Waals surface area (Å²) in [6.45, 7) is 1.45. The summed E-state index contributed by atoms with van der Waals surface area (Å²) < 4.78 is 0. The molecular weight excluding hydrogens is 304 g/mol. The predicted molar refractivity (Wildman–Crippen MR) is 94.9 cm³/mol. The molecular formula is C18H16N4O2. The van der Waals surface area contributed by atoms with Crippen LogP contribution in [0, 0.1) is 0 Å². The maximum Gasteiger partial charge on any atom is 0.221 e. The van der Waals surface area contributed by atoms with Crippen LogP contribution in [-0.2, 0) is 4.79 Å². The number of phenols is 1. The van der Waals surface area contributed by atoms with Gasteiger partial charge >= 0.3 is 0 Å². The Morgan fingerprint density at radius 2 is 1.79 bits per heavy atom. The van der Waals surface area contributed by atoms with Crippen molar-refractivity contribution < 1.29 is 9.90 Å². The van der Waals surface area contributed by atoms with Gasteiger partial charge in [-0.3, -0.25) is 4.79 Å². The van der Waals surface area contributed by atoms with E-state index in [2.05, 4.69) is 15.5 Å². The molecule has 0 saturated heterocycles. The number of aromatic hydroxyl groups is 1. The molecule has 3 aromatic carbocycles. The van der Waals surface area contributed by atoms with Crippen LogP contribution in [0.2, 0.25) is 0 Å². The molecule has 120 valence electrons. The van der Waals surface area contributed by atoms with Gasteiger partial charge in [0.2, 0.25) is 5.91 Å². The van der Waals surface area contributed by atoms with Crippen LogP contribution >= 0.6 is 0 Å². The molecule has 0 aliphatic rings. The second kappa shape index (κ2) is 6.37. The first kappa shape index (κ1) is 15.5. The zero-order valence-corrected chi connectivity index (χ0v) is 13.0. The van der Waals surface area contributed by atoms with Crippen molar-refractivity contribution in [3.05, 3.63) is 54.6 Å². The van der Waals surface area contributed by atoms with E-state index < -0.39 is 0 Å². The number of phenolic OH excluding ortho intramolecular Hbond substituents is 1. The average Bonchev–Trinajstić information content (AvgIpc) is 2.55. The number of amides is 1. The number of benzene rings is 3. The number of nitrogens with zero attached hydrogens (tertiary/aromatic N) is 2. The van der Waals surface area contributed by atoms with Gasteiger partial charge in [0.05, 0.1) is 16.8 Å². The van der Waals surface area contributed by atoms with E-state index in [9.17, 15) is 9.90 Å². The van der Waals surface area contributed by atoms with Gasteiger partial charge in [-0.1, -0.05) is 18.2 Å². The van der Waals surface area contributed by atoms with E-state index in [1.165, 1.54) is 6.92 Å². The first-order valence-corrected chi connectivity index (χ1v) is 7.34. The number of nitrogen functional groups attached to an aromatic ring is 1. The SMILES string of the molecule is CC(=O)Nc1ccc(N=Nc2c(N)ccc3cccc(O)c23)cc1. The fraction of sp³-hybridized carbons (Fsp3) is 0.0556. The molecule has 4 N–H and O–H groups in total. The lowest BCUT2D eigenvalue weighted by atomic mass is 10.1. The van der Waals surface area contributed by atoms with Gasteiger partial charge in [0.1, 0.15) is 11.4 Å². The number of nitrogens with two attached hydrogens (primary N) is 1. The highest BCUT2D eigenvalue weighted by Gasteiger charge is 2.09. The first-order chi connectivity index (χ1) is 11.5. The van der Waals surface area contributed by atoms with Crippen molar-refractivity contribution in [2.75, 3.05) is 11.1 Å². The molecule has 0 aliphatic carbocycles. The van der Waals surface area contributed by atoms with Gasteiger partial charge in [-0.25, -0.2) is 0 Å². The third kappa shape index (κ3) is 3.17. The molecule has 0 aliphatic heterocycles. The maximum atomic E-state index is 11.0. The minimum atomic E-state index is -0.136. The summed E-state index contributed by atoms with van der Waals surface area (Å²) in [5, 5.41) is 22.6. The highest BCUT2D eigenvalue weighted by molar-refractivity contribution is 6.01. The number of hydrogen-bond acceptors (Lipinski definition) is 5. The van der Waals surface area contributed by atoms with Crippen molar-refractivity contribution >= 4 is 39.4 Å². The molecule has 0 radical (unpaired) electrons.